The van der Waals surface area contributed by atoms with Gasteiger partial charge in [-0.3, -0.25) is 4.79 Å². The summed E-state index contributed by atoms with van der Waals surface area (Å²) in [6.45, 7) is 12.1. The zero-order valence-electron chi connectivity index (χ0n) is 23.4. The van der Waals surface area contributed by atoms with Crippen LogP contribution >= 0.6 is 0 Å². The van der Waals surface area contributed by atoms with Crippen molar-refractivity contribution in [2.75, 3.05) is 36.0 Å². The van der Waals surface area contributed by atoms with E-state index in [0.717, 1.165) is 71.3 Å². The molecule has 3 aromatic carbocycles. The Morgan fingerprint density at radius 2 is 1.40 bits per heavy atom. The highest BCUT2D eigenvalue weighted by molar-refractivity contribution is 6.03. The molecular formula is C33H34N4O3. The van der Waals surface area contributed by atoms with Crippen LogP contribution in [0.15, 0.2) is 88.8 Å². The highest BCUT2D eigenvalue weighted by Gasteiger charge is 2.57. The first kappa shape index (κ1) is 25.7. The van der Waals surface area contributed by atoms with E-state index in [1.165, 1.54) is 0 Å². The summed E-state index contributed by atoms with van der Waals surface area (Å²) < 4.78 is 12.0. The van der Waals surface area contributed by atoms with Gasteiger partial charge in [0.2, 0.25) is 0 Å². The third-order valence-electron chi connectivity index (χ3n) is 8.11. The van der Waals surface area contributed by atoms with Crippen LogP contribution in [-0.4, -0.2) is 43.3 Å². The van der Waals surface area contributed by atoms with E-state index in [2.05, 4.69) is 73.9 Å². The molecule has 204 valence electrons. The highest BCUT2D eigenvalue weighted by atomic mass is 16.5. The van der Waals surface area contributed by atoms with Gasteiger partial charge in [-0.25, -0.2) is 5.01 Å². The molecule has 1 aromatic heterocycles. The van der Waals surface area contributed by atoms with E-state index >= 15 is 0 Å². The molecule has 0 atom stereocenters. The normalized spacial score (nSPS) is 14.7. The minimum Gasteiger partial charge on any atom is -0.472 e. The average Bonchev–Trinajstić information content (AvgIpc) is 3.59. The van der Waals surface area contributed by atoms with Crippen LogP contribution < -0.4 is 14.5 Å². The van der Waals surface area contributed by atoms with Gasteiger partial charge in [0.15, 0.2) is 0 Å². The van der Waals surface area contributed by atoms with Gasteiger partial charge in [-0.05, 0) is 52.0 Å². The van der Waals surface area contributed by atoms with Crippen LogP contribution in [0.5, 0.6) is 11.5 Å². The van der Waals surface area contributed by atoms with Crippen LogP contribution in [0.3, 0.4) is 0 Å². The SMILES string of the molecule is CCN(CC)c1ccc2c(c1)Oc1cc(N(CC)CC)ccc1C21c2ccccc2C(=O)N1/N=C/c1ccoc1. The molecule has 6 rings (SSSR count). The first-order valence-corrected chi connectivity index (χ1v) is 14.0. The number of hydrogen-bond donors (Lipinski definition) is 0. The molecule has 3 heterocycles. The number of hydrazone groups is 1. The lowest BCUT2D eigenvalue weighted by atomic mass is 9.75. The molecule has 0 bridgehead atoms. The molecule has 1 amide bonds. The molecular weight excluding hydrogens is 500 g/mol. The number of benzene rings is 3. The maximum Gasteiger partial charge on any atom is 0.275 e. The maximum absolute atomic E-state index is 14.1. The van der Waals surface area contributed by atoms with E-state index in [0.29, 0.717) is 5.56 Å². The molecule has 0 aliphatic carbocycles. The van der Waals surface area contributed by atoms with E-state index in [1.54, 1.807) is 23.7 Å². The molecule has 0 fully saturated rings. The average molecular weight is 535 g/mol. The summed E-state index contributed by atoms with van der Waals surface area (Å²) >= 11 is 0. The summed E-state index contributed by atoms with van der Waals surface area (Å²) in [4.78, 5) is 18.7. The summed E-state index contributed by atoms with van der Waals surface area (Å²) in [6.07, 6.45) is 4.89. The quantitative estimate of drug-likeness (QED) is 0.231. The molecule has 1 spiro atoms. The number of anilines is 2. The Morgan fingerprint density at radius 3 is 1.95 bits per heavy atom. The van der Waals surface area contributed by atoms with Gasteiger partial charge in [0, 0.05) is 77.5 Å². The Morgan fingerprint density at radius 1 is 0.800 bits per heavy atom. The molecule has 0 unspecified atom stereocenters. The van der Waals surface area contributed by atoms with Gasteiger partial charge >= 0.3 is 0 Å². The number of carbonyl (C=O) groups excluding carboxylic acids is 1. The lowest BCUT2D eigenvalue weighted by Crippen LogP contribution is -2.44. The van der Waals surface area contributed by atoms with E-state index in [-0.39, 0.29) is 5.91 Å². The van der Waals surface area contributed by atoms with Gasteiger partial charge < -0.3 is 19.0 Å². The number of furan rings is 1. The Bertz CT molecular complexity index is 1510. The zero-order chi connectivity index (χ0) is 27.9. The standard InChI is InChI=1S/C33H34N4O3/c1-5-35(6-2)24-13-15-28-30(19-24)40-31-20-25(36(7-3)8-4)14-16-29(31)33(28)27-12-10-9-11-26(27)32(38)37(33)34-21-23-17-18-39-22-23/h9-22H,5-8H2,1-4H3/b34-21+. The molecule has 0 saturated carbocycles. The van der Waals surface area contributed by atoms with Crippen LogP contribution in [-0.2, 0) is 5.54 Å². The number of nitrogens with zero attached hydrogens (tertiary/aromatic N) is 4. The number of hydrogen-bond acceptors (Lipinski definition) is 6. The van der Waals surface area contributed by atoms with Gasteiger partial charge in [0.25, 0.3) is 5.91 Å². The lowest BCUT2D eigenvalue weighted by Gasteiger charge is -2.42. The van der Waals surface area contributed by atoms with Gasteiger partial charge in [0.1, 0.15) is 17.0 Å². The summed E-state index contributed by atoms with van der Waals surface area (Å²) in [5.74, 6) is 1.29. The molecule has 40 heavy (non-hydrogen) atoms. The Hall–Kier alpha value is -4.52. The first-order chi connectivity index (χ1) is 19.6. The Labute approximate surface area is 235 Å². The fraction of sp³-hybridized carbons (Fsp3) is 0.273. The highest BCUT2D eigenvalue weighted by Crippen LogP contribution is 2.58. The van der Waals surface area contributed by atoms with Crippen LogP contribution in [0.25, 0.3) is 0 Å². The molecule has 0 radical (unpaired) electrons. The van der Waals surface area contributed by atoms with E-state index < -0.39 is 5.54 Å². The summed E-state index contributed by atoms with van der Waals surface area (Å²) in [5.41, 5.74) is 5.22. The van der Waals surface area contributed by atoms with Crippen molar-refractivity contribution in [1.82, 2.24) is 5.01 Å². The molecule has 2 aliphatic heterocycles. The molecule has 0 N–H and O–H groups in total. The third-order valence-corrected chi connectivity index (χ3v) is 8.11. The van der Waals surface area contributed by atoms with Crippen molar-refractivity contribution in [1.29, 1.82) is 0 Å². The van der Waals surface area contributed by atoms with Crippen molar-refractivity contribution in [3.63, 3.8) is 0 Å². The summed E-state index contributed by atoms with van der Waals surface area (Å²) in [7, 11) is 0. The van der Waals surface area contributed by atoms with Crippen molar-refractivity contribution in [3.8, 4) is 11.5 Å². The van der Waals surface area contributed by atoms with Gasteiger partial charge in [-0.15, -0.1) is 0 Å². The van der Waals surface area contributed by atoms with Crippen molar-refractivity contribution >= 4 is 23.5 Å². The minimum absolute atomic E-state index is 0.158. The second kappa shape index (κ2) is 10.2. The summed E-state index contributed by atoms with van der Waals surface area (Å²) in [6, 6.07) is 22.3. The molecule has 2 aliphatic rings. The van der Waals surface area contributed by atoms with E-state index in [9.17, 15) is 4.79 Å². The van der Waals surface area contributed by atoms with Crippen molar-refractivity contribution in [2.45, 2.75) is 33.2 Å². The monoisotopic (exact) mass is 534 g/mol. The smallest absolute Gasteiger partial charge is 0.275 e. The van der Waals surface area contributed by atoms with Crippen molar-refractivity contribution in [3.05, 3.63) is 107 Å². The summed E-state index contributed by atoms with van der Waals surface area (Å²) in [5, 5.41) is 6.46. The van der Waals surface area contributed by atoms with Crippen LogP contribution in [0, 0.1) is 0 Å². The van der Waals surface area contributed by atoms with Crippen LogP contribution in [0.2, 0.25) is 0 Å². The molecule has 7 heteroatoms. The Balaban J connectivity index is 1.65. The molecule has 4 aromatic rings. The van der Waals surface area contributed by atoms with E-state index in [4.69, 9.17) is 14.3 Å². The van der Waals surface area contributed by atoms with Crippen molar-refractivity contribution in [2.24, 2.45) is 5.10 Å². The second-order valence-electron chi connectivity index (χ2n) is 9.98. The zero-order valence-corrected chi connectivity index (χ0v) is 23.4. The largest absolute Gasteiger partial charge is 0.472 e. The van der Waals surface area contributed by atoms with Gasteiger partial charge in [0.05, 0.1) is 18.7 Å². The predicted octanol–water partition coefficient (Wildman–Crippen LogP) is 6.86. The van der Waals surface area contributed by atoms with Crippen molar-refractivity contribution < 1.29 is 13.9 Å². The second-order valence-corrected chi connectivity index (χ2v) is 9.98. The van der Waals surface area contributed by atoms with Crippen LogP contribution in [0.4, 0.5) is 11.4 Å². The van der Waals surface area contributed by atoms with Crippen LogP contribution in [0.1, 0.15) is 60.3 Å². The fourth-order valence-electron chi connectivity index (χ4n) is 6.12. The maximum atomic E-state index is 14.1. The number of fused-ring (bicyclic) bond motifs is 6. The number of amides is 1. The molecule has 0 saturated heterocycles. The number of ether oxygens (including phenoxy) is 1. The fourth-order valence-corrected chi connectivity index (χ4v) is 6.12. The predicted molar refractivity (Wildman–Crippen MR) is 159 cm³/mol. The number of rotatable bonds is 8. The number of carbonyl (C=O) groups is 1. The molecule has 7 nitrogen and oxygen atoms in total. The minimum atomic E-state index is -1.000. The Kier molecular flexibility index (Phi) is 6.58. The third kappa shape index (κ3) is 3.79. The first-order valence-electron chi connectivity index (χ1n) is 14.0. The van der Waals surface area contributed by atoms with E-state index in [1.807, 2.05) is 30.3 Å². The van der Waals surface area contributed by atoms with Gasteiger partial charge in [-0.1, -0.05) is 30.3 Å². The lowest BCUT2D eigenvalue weighted by molar-refractivity contribution is 0.0675. The topological polar surface area (TPSA) is 61.5 Å². The van der Waals surface area contributed by atoms with Gasteiger partial charge in [-0.2, -0.15) is 5.10 Å².